The monoisotopic (exact) mass is 358 g/mol. The number of carbonyl (C=O) groups is 2. The molecule has 2 aromatic heterocycles. The highest BCUT2D eigenvalue weighted by atomic mass is 16.5. The molecule has 2 N–H and O–H groups in total. The van der Waals surface area contributed by atoms with Crippen LogP contribution in [0.5, 0.6) is 0 Å². The quantitative estimate of drug-likeness (QED) is 0.486. The minimum atomic E-state index is -0.442. The summed E-state index contributed by atoms with van der Waals surface area (Å²) in [6.45, 7) is 7.24. The molecular weight excluding hydrogens is 336 g/mol. The van der Waals surface area contributed by atoms with Crippen LogP contribution in [0, 0.1) is 27.7 Å². The molecule has 0 amide bonds. The van der Waals surface area contributed by atoms with E-state index in [1.54, 1.807) is 13.8 Å². The van der Waals surface area contributed by atoms with Gasteiger partial charge in [-0.25, -0.2) is 9.59 Å². The molecule has 138 valence electrons. The molecule has 2 rings (SSSR count). The van der Waals surface area contributed by atoms with E-state index in [1.807, 2.05) is 13.8 Å². The van der Waals surface area contributed by atoms with Crippen LogP contribution < -0.4 is 0 Å². The van der Waals surface area contributed by atoms with Crippen LogP contribution in [0.4, 0.5) is 0 Å². The highest BCUT2D eigenvalue weighted by Crippen LogP contribution is 2.19. The van der Waals surface area contributed by atoms with Gasteiger partial charge < -0.3 is 19.4 Å². The van der Waals surface area contributed by atoms with Crippen LogP contribution in [-0.4, -0.2) is 48.6 Å². The molecule has 0 aliphatic rings. The summed E-state index contributed by atoms with van der Waals surface area (Å²) in [5, 5.41) is 8.03. The normalized spacial score (nSPS) is 11.5. The number of hydrogen-bond donors (Lipinski definition) is 2. The van der Waals surface area contributed by atoms with Gasteiger partial charge in [0.1, 0.15) is 0 Å². The number of esters is 2. The second kappa shape index (κ2) is 7.81. The van der Waals surface area contributed by atoms with Gasteiger partial charge in [0.2, 0.25) is 0 Å². The van der Waals surface area contributed by atoms with Crippen molar-refractivity contribution in [1.82, 2.24) is 9.97 Å². The molecular formula is C18H22N4O4. The molecule has 0 aliphatic heterocycles. The molecule has 8 nitrogen and oxygen atoms in total. The van der Waals surface area contributed by atoms with Crippen molar-refractivity contribution in [3.05, 3.63) is 45.0 Å². The second-order valence-electron chi connectivity index (χ2n) is 5.80. The highest BCUT2D eigenvalue weighted by Gasteiger charge is 2.19. The van der Waals surface area contributed by atoms with Crippen LogP contribution in [-0.2, 0) is 9.47 Å². The maximum atomic E-state index is 11.9. The summed E-state index contributed by atoms with van der Waals surface area (Å²) >= 11 is 0. The molecule has 0 aromatic carbocycles. The molecule has 8 heteroatoms. The molecule has 0 radical (unpaired) electrons. The predicted molar refractivity (Wildman–Crippen MR) is 98.4 cm³/mol. The van der Waals surface area contributed by atoms with Crippen LogP contribution in [0.15, 0.2) is 10.2 Å². The average molecular weight is 358 g/mol. The number of nitrogens with zero attached hydrogens (tertiary/aromatic N) is 2. The Kier molecular flexibility index (Phi) is 5.76. The number of aryl methyl sites for hydroxylation is 4. The number of hydrogen-bond acceptors (Lipinski definition) is 6. The largest absolute Gasteiger partial charge is 0.465 e. The van der Waals surface area contributed by atoms with Crippen LogP contribution >= 0.6 is 0 Å². The van der Waals surface area contributed by atoms with Gasteiger partial charge >= 0.3 is 11.9 Å². The lowest BCUT2D eigenvalue weighted by atomic mass is 10.1. The lowest BCUT2D eigenvalue weighted by Gasteiger charge is -2.00. The van der Waals surface area contributed by atoms with Crippen LogP contribution in [0.2, 0.25) is 0 Å². The summed E-state index contributed by atoms with van der Waals surface area (Å²) < 4.78 is 9.61. The second-order valence-corrected chi connectivity index (χ2v) is 5.80. The molecule has 0 bridgehead atoms. The Balaban J connectivity index is 2.33. The van der Waals surface area contributed by atoms with Crippen molar-refractivity contribution >= 4 is 24.4 Å². The Morgan fingerprint density at radius 3 is 1.38 bits per heavy atom. The van der Waals surface area contributed by atoms with Gasteiger partial charge in [0.05, 0.1) is 37.8 Å². The SMILES string of the molecule is COC(=O)c1c(C)[nH]c(C)c1C=NN=Cc1c(C)[nH]c(C)c1C(=O)OC. The number of rotatable bonds is 5. The Morgan fingerprint density at radius 1 is 0.731 bits per heavy atom. The average Bonchev–Trinajstić information content (AvgIpc) is 3.04. The van der Waals surface area contributed by atoms with Crippen molar-refractivity contribution in [2.24, 2.45) is 10.2 Å². The standard InChI is InChI=1S/C18H22N4O4/c1-9-13(15(11(3)21-9)17(23)25-5)7-19-20-8-14-10(2)22-12(4)16(14)18(24)26-6/h7-8,21-22H,1-6H3. The molecule has 2 heterocycles. The number of H-pyrrole nitrogens is 2. The zero-order valence-corrected chi connectivity index (χ0v) is 15.7. The van der Waals surface area contributed by atoms with E-state index in [-0.39, 0.29) is 0 Å². The van der Waals surface area contributed by atoms with E-state index in [4.69, 9.17) is 9.47 Å². The molecule has 0 saturated heterocycles. The summed E-state index contributed by atoms with van der Waals surface area (Å²) in [7, 11) is 2.66. The third kappa shape index (κ3) is 3.58. The number of nitrogens with one attached hydrogen (secondary N) is 2. The number of aromatic amines is 2. The molecule has 0 saturated carbocycles. The molecule has 2 aromatic rings. The fourth-order valence-electron chi connectivity index (χ4n) is 2.84. The summed E-state index contributed by atoms with van der Waals surface area (Å²) in [5.41, 5.74) is 5.04. The first-order chi connectivity index (χ1) is 12.3. The number of carbonyl (C=O) groups excluding carboxylic acids is 2. The van der Waals surface area contributed by atoms with E-state index in [0.29, 0.717) is 33.6 Å². The van der Waals surface area contributed by atoms with E-state index < -0.39 is 11.9 Å². The van der Waals surface area contributed by atoms with Crippen molar-refractivity contribution in [2.45, 2.75) is 27.7 Å². The van der Waals surface area contributed by atoms with Crippen molar-refractivity contribution in [3.8, 4) is 0 Å². The van der Waals surface area contributed by atoms with Gasteiger partial charge in [-0.05, 0) is 27.7 Å². The van der Waals surface area contributed by atoms with E-state index in [9.17, 15) is 9.59 Å². The number of methoxy groups -OCH3 is 2. The maximum absolute atomic E-state index is 11.9. The van der Waals surface area contributed by atoms with Crippen molar-refractivity contribution in [3.63, 3.8) is 0 Å². The maximum Gasteiger partial charge on any atom is 0.340 e. The highest BCUT2D eigenvalue weighted by molar-refractivity contribution is 6.03. The first kappa shape index (κ1) is 19.2. The van der Waals surface area contributed by atoms with Gasteiger partial charge in [-0.1, -0.05) is 0 Å². The topological polar surface area (TPSA) is 109 Å². The molecule has 0 fully saturated rings. The van der Waals surface area contributed by atoms with Gasteiger partial charge in [-0.15, -0.1) is 0 Å². The third-order valence-electron chi connectivity index (χ3n) is 4.07. The number of ether oxygens (including phenoxy) is 2. The minimum absolute atomic E-state index is 0.424. The summed E-state index contributed by atoms with van der Waals surface area (Å²) in [4.78, 5) is 30.0. The van der Waals surface area contributed by atoms with Crippen molar-refractivity contribution in [1.29, 1.82) is 0 Å². The van der Waals surface area contributed by atoms with Gasteiger partial charge in [-0.3, -0.25) is 0 Å². The molecule has 0 unspecified atom stereocenters. The smallest absolute Gasteiger partial charge is 0.340 e. The lowest BCUT2D eigenvalue weighted by Crippen LogP contribution is -2.05. The lowest BCUT2D eigenvalue weighted by molar-refractivity contribution is 0.0591. The Morgan fingerprint density at radius 2 is 1.08 bits per heavy atom. The first-order valence-electron chi connectivity index (χ1n) is 7.93. The summed E-state index contributed by atoms with van der Waals surface area (Å²) in [6, 6.07) is 0. The van der Waals surface area contributed by atoms with Crippen LogP contribution in [0.3, 0.4) is 0 Å². The Bertz CT molecular complexity index is 829. The fourth-order valence-corrected chi connectivity index (χ4v) is 2.84. The molecule has 0 spiro atoms. The zero-order valence-electron chi connectivity index (χ0n) is 15.7. The Hall–Kier alpha value is -3.16. The van der Waals surface area contributed by atoms with Gasteiger partial charge in [0.15, 0.2) is 0 Å². The summed E-state index contributed by atoms with van der Waals surface area (Å²) in [6.07, 6.45) is 2.96. The third-order valence-corrected chi connectivity index (χ3v) is 4.07. The van der Waals surface area contributed by atoms with Crippen LogP contribution in [0.1, 0.15) is 54.6 Å². The van der Waals surface area contributed by atoms with Gasteiger partial charge in [0.25, 0.3) is 0 Å². The van der Waals surface area contributed by atoms with Gasteiger partial charge in [-0.2, -0.15) is 10.2 Å². The Labute approximate surface area is 151 Å². The number of aromatic nitrogens is 2. The molecule has 0 atom stereocenters. The molecule has 0 aliphatic carbocycles. The predicted octanol–water partition coefficient (Wildman–Crippen LogP) is 2.60. The van der Waals surface area contributed by atoms with Gasteiger partial charge in [0, 0.05) is 33.9 Å². The zero-order chi connectivity index (χ0) is 19.4. The first-order valence-corrected chi connectivity index (χ1v) is 7.93. The fraction of sp³-hybridized carbons (Fsp3) is 0.333. The van der Waals surface area contributed by atoms with E-state index >= 15 is 0 Å². The van der Waals surface area contributed by atoms with E-state index in [1.165, 1.54) is 26.6 Å². The van der Waals surface area contributed by atoms with Crippen molar-refractivity contribution < 1.29 is 19.1 Å². The van der Waals surface area contributed by atoms with Crippen LogP contribution in [0.25, 0.3) is 0 Å². The van der Waals surface area contributed by atoms with E-state index in [0.717, 1.165) is 11.4 Å². The van der Waals surface area contributed by atoms with E-state index in [2.05, 4.69) is 20.2 Å². The molecule has 26 heavy (non-hydrogen) atoms. The minimum Gasteiger partial charge on any atom is -0.465 e. The summed E-state index contributed by atoms with van der Waals surface area (Å²) in [5.74, 6) is -0.885. The van der Waals surface area contributed by atoms with Crippen molar-refractivity contribution in [2.75, 3.05) is 14.2 Å².